The van der Waals surface area contributed by atoms with Crippen molar-refractivity contribution >= 4 is 17.6 Å². The van der Waals surface area contributed by atoms with Crippen molar-refractivity contribution in [3.8, 4) is 0 Å². The Morgan fingerprint density at radius 2 is 2.29 bits per heavy atom. The molecule has 4 heteroatoms. The van der Waals surface area contributed by atoms with Crippen LogP contribution in [0.25, 0.3) is 0 Å². The number of hydrogen-bond donors (Lipinski definition) is 0. The van der Waals surface area contributed by atoms with Gasteiger partial charge in [-0.25, -0.2) is 4.79 Å². The third-order valence-corrected chi connectivity index (χ3v) is 4.22. The molecule has 0 aromatic heterocycles. The SMILES string of the molecule is COC(=O)C1(Cl)OC12CCc1ccc(C)cc12. The number of methoxy groups -OCH3 is 1. The predicted octanol–water partition coefficient (Wildman–Crippen LogP) is 2.27. The number of carbonyl (C=O) groups excluding carboxylic acids is 1. The number of alkyl halides is 1. The number of esters is 1. The van der Waals surface area contributed by atoms with Gasteiger partial charge in [0.05, 0.1) is 7.11 Å². The summed E-state index contributed by atoms with van der Waals surface area (Å²) in [6, 6.07) is 6.19. The van der Waals surface area contributed by atoms with E-state index in [0.717, 1.165) is 24.0 Å². The summed E-state index contributed by atoms with van der Waals surface area (Å²) in [6.45, 7) is 2.02. The van der Waals surface area contributed by atoms with Crippen molar-refractivity contribution in [2.75, 3.05) is 7.11 Å². The largest absolute Gasteiger partial charge is 0.466 e. The van der Waals surface area contributed by atoms with Gasteiger partial charge in [0, 0.05) is 0 Å². The Hall–Kier alpha value is -1.06. The van der Waals surface area contributed by atoms with Gasteiger partial charge in [-0.3, -0.25) is 0 Å². The van der Waals surface area contributed by atoms with E-state index in [1.807, 2.05) is 6.92 Å². The van der Waals surface area contributed by atoms with Crippen molar-refractivity contribution in [3.63, 3.8) is 0 Å². The van der Waals surface area contributed by atoms with E-state index in [-0.39, 0.29) is 0 Å². The number of aryl methyl sites for hydroxylation is 2. The van der Waals surface area contributed by atoms with Crippen molar-refractivity contribution < 1.29 is 14.3 Å². The van der Waals surface area contributed by atoms with Crippen molar-refractivity contribution in [1.29, 1.82) is 0 Å². The lowest BCUT2D eigenvalue weighted by atomic mass is 9.95. The van der Waals surface area contributed by atoms with Crippen molar-refractivity contribution in [2.45, 2.75) is 30.4 Å². The van der Waals surface area contributed by atoms with Crippen molar-refractivity contribution in [3.05, 3.63) is 34.9 Å². The van der Waals surface area contributed by atoms with Crippen LogP contribution < -0.4 is 0 Å². The number of ether oxygens (including phenoxy) is 2. The first-order chi connectivity index (χ1) is 8.03. The predicted molar refractivity (Wildman–Crippen MR) is 62.9 cm³/mol. The first-order valence-corrected chi connectivity index (χ1v) is 5.99. The van der Waals surface area contributed by atoms with Gasteiger partial charge in [-0.2, -0.15) is 0 Å². The highest BCUT2D eigenvalue weighted by Crippen LogP contribution is 2.65. The summed E-state index contributed by atoms with van der Waals surface area (Å²) in [5.74, 6) is -0.506. The summed E-state index contributed by atoms with van der Waals surface area (Å²) < 4.78 is 10.3. The lowest BCUT2D eigenvalue weighted by Crippen LogP contribution is -2.27. The number of benzene rings is 1. The normalized spacial score (nSPS) is 33.6. The Morgan fingerprint density at radius 1 is 1.53 bits per heavy atom. The van der Waals surface area contributed by atoms with Crippen LogP contribution in [0.1, 0.15) is 23.1 Å². The van der Waals surface area contributed by atoms with Gasteiger partial charge in [-0.1, -0.05) is 35.4 Å². The van der Waals surface area contributed by atoms with Gasteiger partial charge in [0.25, 0.3) is 5.06 Å². The molecule has 3 rings (SSSR count). The first-order valence-electron chi connectivity index (χ1n) is 5.61. The van der Waals surface area contributed by atoms with Gasteiger partial charge in [0.15, 0.2) is 5.60 Å². The molecule has 17 heavy (non-hydrogen) atoms. The van der Waals surface area contributed by atoms with Crippen LogP contribution in [0.15, 0.2) is 18.2 Å². The molecule has 1 aliphatic carbocycles. The summed E-state index contributed by atoms with van der Waals surface area (Å²) in [6.07, 6.45) is 1.63. The molecular formula is C13H13ClO3. The van der Waals surface area contributed by atoms with Gasteiger partial charge >= 0.3 is 5.97 Å². The molecule has 1 saturated heterocycles. The molecule has 1 aliphatic heterocycles. The first kappa shape index (κ1) is 11.1. The fraction of sp³-hybridized carbons (Fsp3) is 0.462. The molecule has 0 N–H and O–H groups in total. The van der Waals surface area contributed by atoms with E-state index < -0.39 is 16.6 Å². The highest BCUT2D eigenvalue weighted by molar-refractivity contribution is 6.36. The van der Waals surface area contributed by atoms with E-state index >= 15 is 0 Å². The number of epoxide rings is 1. The fourth-order valence-corrected chi connectivity index (χ4v) is 3.13. The smallest absolute Gasteiger partial charge is 0.357 e. The van der Waals surface area contributed by atoms with Crippen LogP contribution in [0, 0.1) is 6.92 Å². The number of fused-ring (bicyclic) bond motifs is 2. The highest BCUT2D eigenvalue weighted by Gasteiger charge is 2.77. The molecule has 90 valence electrons. The van der Waals surface area contributed by atoms with E-state index in [1.54, 1.807) is 0 Å². The summed E-state index contributed by atoms with van der Waals surface area (Å²) >= 11 is 6.24. The lowest BCUT2D eigenvalue weighted by molar-refractivity contribution is -0.143. The summed E-state index contributed by atoms with van der Waals surface area (Å²) in [5.41, 5.74) is 2.73. The Balaban J connectivity index is 2.06. The summed E-state index contributed by atoms with van der Waals surface area (Å²) in [4.78, 5) is 11.7. The van der Waals surface area contributed by atoms with E-state index in [0.29, 0.717) is 0 Å². The van der Waals surface area contributed by atoms with Gasteiger partial charge in [-0.15, -0.1) is 0 Å². The molecule has 1 aromatic rings. The summed E-state index contributed by atoms with van der Waals surface area (Å²) in [7, 11) is 1.33. The zero-order valence-electron chi connectivity index (χ0n) is 9.75. The zero-order chi connectivity index (χ0) is 12.3. The van der Waals surface area contributed by atoms with Gasteiger partial charge < -0.3 is 9.47 Å². The second kappa shape index (κ2) is 3.24. The molecule has 1 spiro atoms. The molecule has 2 unspecified atom stereocenters. The Kier molecular flexibility index (Phi) is 2.11. The monoisotopic (exact) mass is 252 g/mol. The molecular weight excluding hydrogens is 240 g/mol. The van der Waals surface area contributed by atoms with E-state index in [1.165, 1.54) is 12.7 Å². The lowest BCUT2D eigenvalue weighted by Gasteiger charge is -2.09. The summed E-state index contributed by atoms with van der Waals surface area (Å²) in [5, 5.41) is -1.32. The standard InChI is InChI=1S/C13H13ClO3/c1-8-3-4-9-5-6-12(10(9)7-8)13(14,17-12)11(15)16-2/h3-4,7H,5-6H2,1-2H3. The molecule has 0 radical (unpaired) electrons. The van der Waals surface area contributed by atoms with Crippen LogP contribution in [0.3, 0.4) is 0 Å². The van der Waals surface area contributed by atoms with Gasteiger partial charge in [0.2, 0.25) is 0 Å². The van der Waals surface area contributed by atoms with Crippen LogP contribution in [0.4, 0.5) is 0 Å². The van der Waals surface area contributed by atoms with Gasteiger partial charge in [0.1, 0.15) is 0 Å². The Bertz CT molecular complexity index is 513. The topological polar surface area (TPSA) is 38.8 Å². The van der Waals surface area contributed by atoms with E-state index in [4.69, 9.17) is 21.1 Å². The molecule has 0 amide bonds. The average Bonchev–Trinajstić information content (AvgIpc) is 2.78. The third-order valence-electron chi connectivity index (χ3n) is 3.69. The van der Waals surface area contributed by atoms with Gasteiger partial charge in [-0.05, 0) is 30.9 Å². The van der Waals surface area contributed by atoms with E-state index in [9.17, 15) is 4.79 Å². The molecule has 2 aliphatic rings. The quantitative estimate of drug-likeness (QED) is 0.437. The maximum atomic E-state index is 11.7. The molecule has 1 heterocycles. The minimum atomic E-state index is -1.32. The van der Waals surface area contributed by atoms with Crippen molar-refractivity contribution in [2.24, 2.45) is 0 Å². The van der Waals surface area contributed by atoms with Crippen LogP contribution in [0.2, 0.25) is 0 Å². The minimum Gasteiger partial charge on any atom is -0.466 e. The second-order valence-electron chi connectivity index (χ2n) is 4.68. The number of hydrogen-bond acceptors (Lipinski definition) is 3. The number of halogens is 1. The fourth-order valence-electron chi connectivity index (χ4n) is 2.72. The number of carbonyl (C=O) groups is 1. The van der Waals surface area contributed by atoms with Crippen molar-refractivity contribution in [1.82, 2.24) is 0 Å². The molecule has 3 nitrogen and oxygen atoms in total. The highest BCUT2D eigenvalue weighted by atomic mass is 35.5. The molecule has 0 saturated carbocycles. The van der Waals surface area contributed by atoms with Crippen LogP contribution >= 0.6 is 11.6 Å². The average molecular weight is 253 g/mol. The second-order valence-corrected chi connectivity index (χ2v) is 5.21. The molecule has 1 fully saturated rings. The zero-order valence-corrected chi connectivity index (χ0v) is 10.5. The van der Waals surface area contributed by atoms with E-state index in [2.05, 4.69) is 18.2 Å². The third kappa shape index (κ3) is 1.24. The molecule has 2 atom stereocenters. The van der Waals surface area contributed by atoms with Crippen LogP contribution in [-0.2, 0) is 26.3 Å². The maximum absolute atomic E-state index is 11.7. The van der Waals surface area contributed by atoms with Crippen LogP contribution in [-0.4, -0.2) is 18.1 Å². The Morgan fingerprint density at radius 3 is 3.00 bits per heavy atom. The number of rotatable bonds is 1. The van der Waals surface area contributed by atoms with Crippen LogP contribution in [0.5, 0.6) is 0 Å². The maximum Gasteiger partial charge on any atom is 0.357 e. The molecule has 1 aromatic carbocycles. The minimum absolute atomic E-state index is 0.506. The molecule has 0 bridgehead atoms. The Labute approximate surface area is 105 Å².